The second-order valence-electron chi connectivity index (χ2n) is 5.72. The van der Waals surface area contributed by atoms with Crippen molar-refractivity contribution in [2.75, 3.05) is 12.4 Å². The Morgan fingerprint density at radius 3 is 2.79 bits per heavy atom. The van der Waals surface area contributed by atoms with Crippen molar-refractivity contribution in [2.45, 2.75) is 10.9 Å². The zero-order valence-electron chi connectivity index (χ0n) is 14.9. The summed E-state index contributed by atoms with van der Waals surface area (Å²) in [4.78, 5) is 4.59. The van der Waals surface area contributed by atoms with Crippen molar-refractivity contribution < 1.29 is 9.13 Å². The van der Waals surface area contributed by atoms with E-state index in [1.807, 2.05) is 29.6 Å². The first-order valence-electron chi connectivity index (χ1n) is 8.36. The van der Waals surface area contributed by atoms with Gasteiger partial charge in [-0.2, -0.15) is 0 Å². The lowest BCUT2D eigenvalue weighted by Crippen LogP contribution is -1.98. The maximum Gasteiger partial charge on any atom is 0.196 e. The Morgan fingerprint density at radius 2 is 2.00 bits per heavy atom. The number of halogens is 1. The lowest BCUT2D eigenvalue weighted by molar-refractivity contribution is 0.415. The van der Waals surface area contributed by atoms with Gasteiger partial charge in [-0.15, -0.1) is 21.5 Å². The van der Waals surface area contributed by atoms with Crippen molar-refractivity contribution in [3.8, 4) is 11.4 Å². The molecule has 0 saturated carbocycles. The lowest BCUT2D eigenvalue weighted by atomic mass is 10.3. The fourth-order valence-electron chi connectivity index (χ4n) is 2.50. The summed E-state index contributed by atoms with van der Waals surface area (Å²) in [7, 11) is 1.64. The number of nitrogens with one attached hydrogen (secondary N) is 1. The highest BCUT2D eigenvalue weighted by Crippen LogP contribution is 2.28. The van der Waals surface area contributed by atoms with E-state index in [2.05, 4.69) is 20.5 Å². The molecule has 0 saturated heterocycles. The minimum atomic E-state index is -0.316. The zero-order valence-corrected chi connectivity index (χ0v) is 16.5. The fourth-order valence-corrected chi connectivity index (χ4v) is 4.15. The Morgan fingerprint density at radius 1 is 1.18 bits per heavy atom. The summed E-state index contributed by atoms with van der Waals surface area (Å²) in [6.45, 7) is 0. The van der Waals surface area contributed by atoms with Gasteiger partial charge in [0.1, 0.15) is 17.9 Å². The number of hydrogen-bond acceptors (Lipinski definition) is 7. The van der Waals surface area contributed by atoms with Crippen LogP contribution in [0.5, 0.6) is 5.75 Å². The summed E-state index contributed by atoms with van der Waals surface area (Å²) >= 11 is 2.98. The molecule has 0 bridgehead atoms. The summed E-state index contributed by atoms with van der Waals surface area (Å²) in [5, 5.41) is 14.7. The molecule has 0 atom stereocenters. The first kappa shape index (κ1) is 18.5. The quantitative estimate of drug-likeness (QED) is 0.435. The third kappa shape index (κ3) is 4.15. The maximum absolute atomic E-state index is 14.0. The van der Waals surface area contributed by atoms with E-state index in [1.165, 1.54) is 35.5 Å². The number of thioether (sulfide) groups is 1. The van der Waals surface area contributed by atoms with Gasteiger partial charge >= 0.3 is 0 Å². The molecule has 0 aliphatic heterocycles. The van der Waals surface area contributed by atoms with E-state index in [0.717, 1.165) is 22.3 Å². The van der Waals surface area contributed by atoms with Crippen LogP contribution in [0, 0.1) is 5.82 Å². The second kappa shape index (κ2) is 8.41. The summed E-state index contributed by atoms with van der Waals surface area (Å²) in [6.07, 6.45) is 1.51. The van der Waals surface area contributed by atoms with Gasteiger partial charge in [0.25, 0.3) is 0 Å². The lowest BCUT2D eigenvalue weighted by Gasteiger charge is -2.06. The Bertz CT molecular complexity index is 1060. The van der Waals surface area contributed by atoms with E-state index in [1.54, 1.807) is 29.9 Å². The van der Waals surface area contributed by atoms with E-state index in [0.29, 0.717) is 16.6 Å². The van der Waals surface area contributed by atoms with Crippen molar-refractivity contribution in [2.24, 2.45) is 0 Å². The van der Waals surface area contributed by atoms with Crippen molar-refractivity contribution in [1.82, 2.24) is 19.7 Å². The molecule has 0 fully saturated rings. The molecule has 2 heterocycles. The van der Waals surface area contributed by atoms with Gasteiger partial charge in [-0.25, -0.2) is 9.37 Å². The number of para-hydroxylation sites is 1. The minimum absolute atomic E-state index is 0.316. The number of thiazole rings is 1. The number of rotatable bonds is 7. The van der Waals surface area contributed by atoms with Gasteiger partial charge in [0.2, 0.25) is 0 Å². The summed E-state index contributed by atoms with van der Waals surface area (Å²) < 4.78 is 20.8. The molecule has 0 amide bonds. The van der Waals surface area contributed by atoms with Gasteiger partial charge in [0, 0.05) is 16.8 Å². The molecule has 2 aromatic carbocycles. The smallest absolute Gasteiger partial charge is 0.196 e. The van der Waals surface area contributed by atoms with Crippen molar-refractivity contribution in [3.63, 3.8) is 0 Å². The SMILES string of the molecule is COc1ccc(Nc2nc(CSc3nncn3-c3ccccc3F)cs2)cc1. The van der Waals surface area contributed by atoms with Crippen LogP contribution in [-0.4, -0.2) is 26.9 Å². The molecular formula is C19H16FN5OS2. The average Bonchev–Trinajstić information content (AvgIpc) is 3.36. The predicted molar refractivity (Wildman–Crippen MR) is 109 cm³/mol. The first-order valence-corrected chi connectivity index (χ1v) is 10.2. The molecule has 142 valence electrons. The van der Waals surface area contributed by atoms with E-state index < -0.39 is 0 Å². The van der Waals surface area contributed by atoms with Crippen LogP contribution in [0.15, 0.2) is 65.4 Å². The zero-order chi connectivity index (χ0) is 19.3. The number of aromatic nitrogens is 4. The van der Waals surface area contributed by atoms with Crippen LogP contribution in [0.1, 0.15) is 5.69 Å². The maximum atomic E-state index is 14.0. The van der Waals surface area contributed by atoms with Crippen molar-refractivity contribution >= 4 is 33.9 Å². The van der Waals surface area contributed by atoms with Gasteiger partial charge in [-0.1, -0.05) is 23.9 Å². The second-order valence-corrected chi connectivity index (χ2v) is 7.52. The van der Waals surface area contributed by atoms with Crippen molar-refractivity contribution in [1.29, 1.82) is 0 Å². The largest absolute Gasteiger partial charge is 0.497 e. The van der Waals surface area contributed by atoms with E-state index in [-0.39, 0.29) is 5.82 Å². The highest BCUT2D eigenvalue weighted by molar-refractivity contribution is 7.98. The van der Waals surface area contributed by atoms with E-state index >= 15 is 0 Å². The molecule has 6 nitrogen and oxygen atoms in total. The molecular weight excluding hydrogens is 397 g/mol. The van der Waals surface area contributed by atoms with Crippen LogP contribution in [0.2, 0.25) is 0 Å². The Hall–Kier alpha value is -2.91. The monoisotopic (exact) mass is 413 g/mol. The standard InChI is InChI=1S/C19H16FN5OS2/c1-26-15-8-6-13(7-9-15)22-18-23-14(10-27-18)11-28-19-24-21-12-25(19)17-5-3-2-4-16(17)20/h2-10,12H,11H2,1H3,(H,22,23). The Kier molecular flexibility index (Phi) is 5.54. The first-order chi connectivity index (χ1) is 13.7. The van der Waals surface area contributed by atoms with E-state index in [9.17, 15) is 4.39 Å². The van der Waals surface area contributed by atoms with Crippen LogP contribution in [0.4, 0.5) is 15.2 Å². The topological polar surface area (TPSA) is 64.9 Å². The average molecular weight is 414 g/mol. The number of nitrogens with zero attached hydrogens (tertiary/aromatic N) is 4. The molecule has 9 heteroatoms. The molecule has 2 aromatic heterocycles. The Labute approximate surface area is 169 Å². The van der Waals surface area contributed by atoms with Crippen LogP contribution < -0.4 is 10.1 Å². The van der Waals surface area contributed by atoms with E-state index in [4.69, 9.17) is 4.74 Å². The molecule has 0 radical (unpaired) electrons. The third-order valence-corrected chi connectivity index (χ3v) is 5.65. The van der Waals surface area contributed by atoms with Gasteiger partial charge in [-0.3, -0.25) is 4.57 Å². The third-order valence-electron chi connectivity index (χ3n) is 3.87. The number of methoxy groups -OCH3 is 1. The molecule has 28 heavy (non-hydrogen) atoms. The molecule has 0 unspecified atom stereocenters. The highest BCUT2D eigenvalue weighted by Gasteiger charge is 2.12. The predicted octanol–water partition coefficient (Wildman–Crippen LogP) is 4.91. The molecule has 4 aromatic rings. The number of anilines is 2. The van der Waals surface area contributed by atoms with Crippen LogP contribution >= 0.6 is 23.1 Å². The molecule has 0 aliphatic carbocycles. The number of benzene rings is 2. The van der Waals surface area contributed by atoms with Gasteiger partial charge in [-0.05, 0) is 36.4 Å². The summed E-state index contributed by atoms with van der Waals surface area (Å²) in [6, 6.07) is 14.2. The highest BCUT2D eigenvalue weighted by atomic mass is 32.2. The minimum Gasteiger partial charge on any atom is -0.497 e. The number of hydrogen-bond donors (Lipinski definition) is 1. The molecule has 4 rings (SSSR count). The van der Waals surface area contributed by atoms with Crippen molar-refractivity contribution in [3.05, 3.63) is 71.7 Å². The van der Waals surface area contributed by atoms with Gasteiger partial charge < -0.3 is 10.1 Å². The Balaban J connectivity index is 1.41. The van der Waals surface area contributed by atoms with Gasteiger partial charge in [0.15, 0.2) is 10.3 Å². The van der Waals surface area contributed by atoms with Crippen LogP contribution in [0.25, 0.3) is 5.69 Å². The summed E-state index contributed by atoms with van der Waals surface area (Å²) in [5.41, 5.74) is 2.28. The summed E-state index contributed by atoms with van der Waals surface area (Å²) in [5.74, 6) is 1.10. The molecule has 1 N–H and O–H groups in total. The van der Waals surface area contributed by atoms with Crippen LogP contribution in [0.3, 0.4) is 0 Å². The molecule has 0 spiro atoms. The fraction of sp³-hybridized carbons (Fsp3) is 0.105. The van der Waals surface area contributed by atoms with Crippen LogP contribution in [-0.2, 0) is 5.75 Å². The molecule has 0 aliphatic rings. The normalized spacial score (nSPS) is 10.8. The van der Waals surface area contributed by atoms with Gasteiger partial charge in [0.05, 0.1) is 18.5 Å². The number of ether oxygens (including phenoxy) is 1.